The first-order valence-electron chi connectivity index (χ1n) is 5.69. The standard InChI is InChI=1S/C13H16ClN3O/c1-9-12(14)13(15)17(16-9)11(8-18-2)10-6-4-3-5-7-10/h3-7,11H,8,15H2,1-2H3. The van der Waals surface area contributed by atoms with Crippen molar-refractivity contribution in [1.82, 2.24) is 9.78 Å². The number of rotatable bonds is 4. The van der Waals surface area contributed by atoms with Crippen molar-refractivity contribution < 1.29 is 4.74 Å². The average molecular weight is 266 g/mol. The van der Waals surface area contributed by atoms with Crippen LogP contribution in [-0.2, 0) is 4.74 Å². The first-order valence-corrected chi connectivity index (χ1v) is 6.07. The molecule has 0 amide bonds. The molecule has 4 nitrogen and oxygen atoms in total. The molecule has 0 aliphatic heterocycles. The van der Waals surface area contributed by atoms with Crippen molar-refractivity contribution in [3.63, 3.8) is 0 Å². The van der Waals surface area contributed by atoms with Gasteiger partial charge in [0.15, 0.2) is 0 Å². The van der Waals surface area contributed by atoms with Crippen LogP contribution < -0.4 is 5.73 Å². The molecule has 1 atom stereocenters. The molecule has 0 saturated heterocycles. The van der Waals surface area contributed by atoms with E-state index in [9.17, 15) is 0 Å². The summed E-state index contributed by atoms with van der Waals surface area (Å²) in [6, 6.07) is 9.90. The maximum Gasteiger partial charge on any atom is 0.141 e. The summed E-state index contributed by atoms with van der Waals surface area (Å²) in [7, 11) is 1.66. The molecule has 2 rings (SSSR count). The van der Waals surface area contributed by atoms with Crippen LogP contribution in [0.1, 0.15) is 17.3 Å². The van der Waals surface area contributed by atoms with Gasteiger partial charge in [0.2, 0.25) is 0 Å². The van der Waals surface area contributed by atoms with E-state index in [0.717, 1.165) is 11.3 Å². The lowest BCUT2D eigenvalue weighted by Crippen LogP contribution is -2.19. The van der Waals surface area contributed by atoms with E-state index >= 15 is 0 Å². The molecule has 0 radical (unpaired) electrons. The predicted octanol–water partition coefficient (Wildman–Crippen LogP) is 2.66. The molecule has 1 heterocycles. The Morgan fingerprint density at radius 1 is 1.39 bits per heavy atom. The normalized spacial score (nSPS) is 12.6. The summed E-state index contributed by atoms with van der Waals surface area (Å²) >= 11 is 6.08. The van der Waals surface area contributed by atoms with E-state index in [4.69, 9.17) is 22.1 Å². The highest BCUT2D eigenvalue weighted by Gasteiger charge is 2.20. The average Bonchev–Trinajstić information content (AvgIpc) is 2.65. The number of halogens is 1. The molecule has 0 aliphatic carbocycles. The maximum atomic E-state index is 6.08. The number of ether oxygens (including phenoxy) is 1. The fraction of sp³-hybridized carbons (Fsp3) is 0.308. The van der Waals surface area contributed by atoms with Gasteiger partial charge in [0.05, 0.1) is 12.3 Å². The largest absolute Gasteiger partial charge is 0.383 e. The monoisotopic (exact) mass is 265 g/mol. The van der Waals surface area contributed by atoms with Crippen LogP contribution in [0.3, 0.4) is 0 Å². The summed E-state index contributed by atoms with van der Waals surface area (Å²) in [6.45, 7) is 2.33. The Labute approximate surface area is 111 Å². The second-order valence-corrected chi connectivity index (χ2v) is 4.49. The molecule has 0 fully saturated rings. The van der Waals surface area contributed by atoms with Crippen molar-refractivity contribution in [2.75, 3.05) is 19.5 Å². The number of aromatic nitrogens is 2. The van der Waals surface area contributed by atoms with Gasteiger partial charge < -0.3 is 10.5 Å². The molecule has 0 aliphatic rings. The van der Waals surface area contributed by atoms with Gasteiger partial charge in [-0.1, -0.05) is 41.9 Å². The van der Waals surface area contributed by atoms with Crippen molar-refractivity contribution in [3.8, 4) is 0 Å². The molecule has 96 valence electrons. The SMILES string of the molecule is COCC(c1ccccc1)n1nc(C)c(Cl)c1N. The molecule has 5 heteroatoms. The molecule has 1 unspecified atom stereocenters. The Hall–Kier alpha value is -1.52. The minimum absolute atomic E-state index is 0.0672. The highest BCUT2D eigenvalue weighted by Crippen LogP contribution is 2.28. The minimum atomic E-state index is -0.0672. The van der Waals surface area contributed by atoms with Crippen LogP contribution >= 0.6 is 11.6 Å². The molecule has 1 aromatic heterocycles. The van der Waals surface area contributed by atoms with Gasteiger partial charge in [0.1, 0.15) is 16.9 Å². The van der Waals surface area contributed by atoms with Gasteiger partial charge in [-0.2, -0.15) is 5.10 Å². The summed E-state index contributed by atoms with van der Waals surface area (Å²) in [5.41, 5.74) is 7.80. The van der Waals surface area contributed by atoms with E-state index in [1.807, 2.05) is 37.3 Å². The zero-order valence-electron chi connectivity index (χ0n) is 10.4. The number of methoxy groups -OCH3 is 1. The van der Waals surface area contributed by atoms with Crippen LogP contribution in [-0.4, -0.2) is 23.5 Å². The number of benzene rings is 1. The van der Waals surface area contributed by atoms with Crippen LogP contribution in [0.5, 0.6) is 0 Å². The van der Waals surface area contributed by atoms with Crippen LogP contribution in [0.25, 0.3) is 0 Å². The molecular weight excluding hydrogens is 250 g/mol. The first-order chi connectivity index (χ1) is 8.65. The van der Waals surface area contributed by atoms with Gasteiger partial charge in [-0.15, -0.1) is 0 Å². The van der Waals surface area contributed by atoms with E-state index in [1.54, 1.807) is 11.8 Å². The Morgan fingerprint density at radius 3 is 2.56 bits per heavy atom. The number of hydrogen-bond donors (Lipinski definition) is 1. The number of hydrogen-bond acceptors (Lipinski definition) is 3. The third-order valence-corrected chi connectivity index (χ3v) is 3.32. The van der Waals surface area contributed by atoms with Gasteiger partial charge in [-0.25, -0.2) is 4.68 Å². The van der Waals surface area contributed by atoms with Gasteiger partial charge in [0.25, 0.3) is 0 Å². The van der Waals surface area contributed by atoms with Crippen molar-refractivity contribution in [2.24, 2.45) is 0 Å². The predicted molar refractivity (Wildman–Crippen MR) is 72.8 cm³/mol. The van der Waals surface area contributed by atoms with Gasteiger partial charge in [-0.3, -0.25) is 0 Å². The maximum absolute atomic E-state index is 6.08. The zero-order chi connectivity index (χ0) is 13.1. The van der Waals surface area contributed by atoms with Crippen LogP contribution in [0.15, 0.2) is 30.3 Å². The molecule has 1 aromatic carbocycles. The van der Waals surface area contributed by atoms with Crippen molar-refractivity contribution >= 4 is 17.4 Å². The van der Waals surface area contributed by atoms with E-state index in [2.05, 4.69) is 5.10 Å². The molecular formula is C13H16ClN3O. The van der Waals surface area contributed by atoms with Crippen LogP contribution in [0, 0.1) is 6.92 Å². The highest BCUT2D eigenvalue weighted by atomic mass is 35.5. The molecule has 2 N–H and O–H groups in total. The lowest BCUT2D eigenvalue weighted by molar-refractivity contribution is 0.165. The molecule has 2 aromatic rings. The topological polar surface area (TPSA) is 53.1 Å². The van der Waals surface area contributed by atoms with Gasteiger partial charge >= 0.3 is 0 Å². The molecule has 0 saturated carbocycles. The molecule has 18 heavy (non-hydrogen) atoms. The number of aryl methyl sites for hydroxylation is 1. The lowest BCUT2D eigenvalue weighted by Gasteiger charge is -2.18. The third kappa shape index (κ3) is 2.35. The summed E-state index contributed by atoms with van der Waals surface area (Å²) in [4.78, 5) is 0. The summed E-state index contributed by atoms with van der Waals surface area (Å²) in [5, 5.41) is 4.89. The summed E-state index contributed by atoms with van der Waals surface area (Å²) in [5.74, 6) is 0.472. The van der Waals surface area contributed by atoms with Crippen LogP contribution in [0.2, 0.25) is 5.02 Å². The number of nitrogens with two attached hydrogens (primary N) is 1. The Balaban J connectivity index is 2.45. The van der Waals surface area contributed by atoms with E-state index in [1.165, 1.54) is 0 Å². The quantitative estimate of drug-likeness (QED) is 0.925. The summed E-state index contributed by atoms with van der Waals surface area (Å²) in [6.07, 6.45) is 0. The number of nitrogen functional groups attached to an aromatic ring is 1. The lowest BCUT2D eigenvalue weighted by atomic mass is 10.1. The number of anilines is 1. The van der Waals surface area contributed by atoms with Crippen molar-refractivity contribution in [1.29, 1.82) is 0 Å². The van der Waals surface area contributed by atoms with E-state index in [-0.39, 0.29) is 6.04 Å². The van der Waals surface area contributed by atoms with Crippen LogP contribution in [0.4, 0.5) is 5.82 Å². The molecule has 0 spiro atoms. The summed E-state index contributed by atoms with van der Waals surface area (Å²) < 4.78 is 6.98. The van der Waals surface area contributed by atoms with Gasteiger partial charge in [0, 0.05) is 7.11 Å². The molecule has 0 bridgehead atoms. The Morgan fingerprint density at radius 2 is 2.06 bits per heavy atom. The second-order valence-electron chi connectivity index (χ2n) is 4.11. The Bertz CT molecular complexity index is 525. The highest BCUT2D eigenvalue weighted by molar-refractivity contribution is 6.33. The number of nitrogens with zero attached hydrogens (tertiary/aromatic N) is 2. The fourth-order valence-electron chi connectivity index (χ4n) is 1.92. The zero-order valence-corrected chi connectivity index (χ0v) is 11.2. The smallest absolute Gasteiger partial charge is 0.141 e. The third-order valence-electron chi connectivity index (χ3n) is 2.85. The van der Waals surface area contributed by atoms with Crippen molar-refractivity contribution in [3.05, 3.63) is 46.6 Å². The fourth-order valence-corrected chi connectivity index (χ4v) is 2.05. The van der Waals surface area contributed by atoms with Crippen molar-refractivity contribution in [2.45, 2.75) is 13.0 Å². The van der Waals surface area contributed by atoms with E-state index in [0.29, 0.717) is 17.4 Å². The second kappa shape index (κ2) is 5.42. The van der Waals surface area contributed by atoms with Gasteiger partial charge in [-0.05, 0) is 12.5 Å². The Kier molecular flexibility index (Phi) is 3.89. The minimum Gasteiger partial charge on any atom is -0.383 e. The first kappa shape index (κ1) is 12.9. The van der Waals surface area contributed by atoms with E-state index < -0.39 is 0 Å².